The maximum Gasteiger partial charge on any atom is 0.259 e. The van der Waals surface area contributed by atoms with Crippen LogP contribution >= 0.6 is 11.6 Å². The fraction of sp³-hybridized carbons (Fsp3) is 0.143. The largest absolute Gasteiger partial charge is 0.327 e. The van der Waals surface area contributed by atoms with Gasteiger partial charge in [0.1, 0.15) is 15.9 Å². The van der Waals surface area contributed by atoms with Crippen LogP contribution in [0.25, 0.3) is 0 Å². The Kier molecular flexibility index (Phi) is 5.91. The summed E-state index contributed by atoms with van der Waals surface area (Å²) in [5.41, 5.74) is 1.43. The standard InChI is InChI=1S/C21H20ClN3O3S/c1-4-13-25-15(3)14(2)18(29(27,28)16-9-6-5-7-10-16)20(25)24-21(26)17-11-8-12-23-19(17)22/h4-12H,1,13H2,2-3H3,(H,24,26). The lowest BCUT2D eigenvalue weighted by atomic mass is 10.2. The van der Waals surface area contributed by atoms with E-state index in [1.54, 1.807) is 48.8 Å². The van der Waals surface area contributed by atoms with Crippen molar-refractivity contribution in [3.05, 3.63) is 83.3 Å². The normalized spacial score (nSPS) is 11.3. The molecule has 150 valence electrons. The second-order valence-corrected chi connectivity index (χ2v) is 8.64. The number of nitrogens with zero attached hydrogens (tertiary/aromatic N) is 2. The van der Waals surface area contributed by atoms with Crippen molar-refractivity contribution in [2.45, 2.75) is 30.2 Å². The summed E-state index contributed by atoms with van der Waals surface area (Å²) in [5.74, 6) is -0.371. The van der Waals surface area contributed by atoms with E-state index in [2.05, 4.69) is 16.9 Å². The third-order valence-electron chi connectivity index (χ3n) is 4.64. The van der Waals surface area contributed by atoms with Crippen molar-refractivity contribution in [2.24, 2.45) is 0 Å². The molecule has 0 aliphatic rings. The lowest BCUT2D eigenvalue weighted by Crippen LogP contribution is -2.18. The van der Waals surface area contributed by atoms with Crippen LogP contribution in [0.2, 0.25) is 5.15 Å². The van der Waals surface area contributed by atoms with Crippen molar-refractivity contribution in [1.82, 2.24) is 9.55 Å². The zero-order valence-corrected chi connectivity index (χ0v) is 17.6. The Morgan fingerprint density at radius 3 is 2.52 bits per heavy atom. The number of nitrogens with one attached hydrogen (secondary N) is 1. The second kappa shape index (κ2) is 8.23. The molecule has 0 bridgehead atoms. The van der Waals surface area contributed by atoms with Crippen LogP contribution in [0, 0.1) is 13.8 Å². The maximum atomic E-state index is 13.4. The van der Waals surface area contributed by atoms with E-state index < -0.39 is 15.7 Å². The second-order valence-electron chi connectivity index (χ2n) is 6.40. The maximum absolute atomic E-state index is 13.4. The molecule has 0 spiro atoms. The molecule has 8 heteroatoms. The van der Waals surface area contributed by atoms with Crippen LogP contribution in [-0.2, 0) is 16.4 Å². The Bertz CT molecular complexity index is 1190. The van der Waals surface area contributed by atoms with Gasteiger partial charge in [-0.05, 0) is 43.7 Å². The summed E-state index contributed by atoms with van der Waals surface area (Å²) < 4.78 is 28.5. The van der Waals surface area contributed by atoms with Gasteiger partial charge in [-0.3, -0.25) is 4.79 Å². The molecule has 0 aliphatic carbocycles. The Balaban J connectivity index is 2.20. The summed E-state index contributed by atoms with van der Waals surface area (Å²) in [6, 6.07) is 11.2. The molecule has 1 aromatic carbocycles. The summed E-state index contributed by atoms with van der Waals surface area (Å²) in [5, 5.41) is 2.77. The van der Waals surface area contributed by atoms with Crippen LogP contribution in [-0.4, -0.2) is 23.9 Å². The number of hydrogen-bond donors (Lipinski definition) is 1. The first-order chi connectivity index (χ1) is 13.8. The lowest BCUT2D eigenvalue weighted by Gasteiger charge is -2.13. The number of sulfone groups is 1. The van der Waals surface area contributed by atoms with E-state index >= 15 is 0 Å². The predicted octanol–water partition coefficient (Wildman–Crippen LogP) is 4.42. The fourth-order valence-electron chi connectivity index (χ4n) is 3.09. The van der Waals surface area contributed by atoms with E-state index in [4.69, 9.17) is 11.6 Å². The van der Waals surface area contributed by atoms with E-state index in [-0.39, 0.29) is 26.3 Å². The number of carbonyl (C=O) groups is 1. The average Bonchev–Trinajstić information content (AvgIpc) is 2.94. The minimum absolute atomic E-state index is 0.0349. The molecule has 0 fully saturated rings. The first-order valence-electron chi connectivity index (χ1n) is 8.81. The van der Waals surface area contributed by atoms with Gasteiger partial charge in [0.05, 0.1) is 10.5 Å². The van der Waals surface area contributed by atoms with E-state index in [0.717, 1.165) is 0 Å². The number of allylic oxidation sites excluding steroid dienone is 1. The highest BCUT2D eigenvalue weighted by atomic mass is 35.5. The Morgan fingerprint density at radius 1 is 1.21 bits per heavy atom. The van der Waals surface area contributed by atoms with Crippen LogP contribution in [0.5, 0.6) is 0 Å². The molecule has 0 saturated heterocycles. The van der Waals surface area contributed by atoms with Crippen molar-refractivity contribution in [3.63, 3.8) is 0 Å². The van der Waals surface area contributed by atoms with Crippen LogP contribution in [0.3, 0.4) is 0 Å². The Morgan fingerprint density at radius 2 is 1.90 bits per heavy atom. The Labute approximate surface area is 174 Å². The van der Waals surface area contributed by atoms with Gasteiger partial charge in [0, 0.05) is 18.4 Å². The van der Waals surface area contributed by atoms with Gasteiger partial charge in [0.15, 0.2) is 0 Å². The number of benzene rings is 1. The molecule has 0 saturated carbocycles. The fourth-order valence-corrected chi connectivity index (χ4v) is 5.02. The number of carbonyl (C=O) groups excluding carboxylic acids is 1. The van der Waals surface area contributed by atoms with E-state index in [9.17, 15) is 13.2 Å². The van der Waals surface area contributed by atoms with E-state index in [0.29, 0.717) is 17.8 Å². The highest BCUT2D eigenvalue weighted by molar-refractivity contribution is 7.91. The van der Waals surface area contributed by atoms with E-state index in [1.165, 1.54) is 24.4 Å². The van der Waals surface area contributed by atoms with Crippen molar-refractivity contribution in [3.8, 4) is 0 Å². The molecular weight excluding hydrogens is 410 g/mol. The van der Waals surface area contributed by atoms with Gasteiger partial charge in [-0.2, -0.15) is 0 Å². The summed E-state index contributed by atoms with van der Waals surface area (Å²) in [6.45, 7) is 7.58. The first kappa shape index (κ1) is 20.8. The van der Waals surface area contributed by atoms with Gasteiger partial charge >= 0.3 is 0 Å². The topological polar surface area (TPSA) is 81.1 Å². The minimum Gasteiger partial charge on any atom is -0.327 e. The zero-order valence-electron chi connectivity index (χ0n) is 16.0. The molecule has 1 N–H and O–H groups in total. The summed E-state index contributed by atoms with van der Waals surface area (Å²) in [4.78, 5) is 17.0. The van der Waals surface area contributed by atoms with Crippen molar-refractivity contribution in [2.75, 3.05) is 5.32 Å². The number of rotatable bonds is 6. The molecular formula is C21H20ClN3O3S. The monoisotopic (exact) mass is 429 g/mol. The molecule has 0 unspecified atom stereocenters. The van der Waals surface area contributed by atoms with Gasteiger partial charge in [-0.1, -0.05) is 35.9 Å². The summed E-state index contributed by atoms with van der Waals surface area (Å²) in [7, 11) is -3.88. The molecule has 3 aromatic rings. The van der Waals surface area contributed by atoms with Crippen molar-refractivity contribution >= 4 is 33.2 Å². The van der Waals surface area contributed by atoms with Crippen LogP contribution in [0.15, 0.2) is 71.1 Å². The van der Waals surface area contributed by atoms with Gasteiger partial charge in [0.25, 0.3) is 5.91 Å². The molecule has 6 nitrogen and oxygen atoms in total. The molecule has 1 amide bonds. The zero-order chi connectivity index (χ0) is 21.2. The quantitative estimate of drug-likeness (QED) is 0.464. The van der Waals surface area contributed by atoms with Gasteiger partial charge in [0.2, 0.25) is 9.84 Å². The molecule has 3 rings (SSSR count). The van der Waals surface area contributed by atoms with Crippen LogP contribution < -0.4 is 5.32 Å². The molecule has 2 heterocycles. The number of pyridine rings is 1. The number of halogens is 1. The Hall–Kier alpha value is -2.90. The summed E-state index contributed by atoms with van der Waals surface area (Å²) >= 11 is 6.04. The van der Waals surface area contributed by atoms with E-state index in [1.807, 2.05) is 0 Å². The van der Waals surface area contributed by atoms with Crippen molar-refractivity contribution < 1.29 is 13.2 Å². The highest BCUT2D eigenvalue weighted by Gasteiger charge is 2.30. The van der Waals surface area contributed by atoms with Crippen LogP contribution in [0.4, 0.5) is 5.82 Å². The molecule has 0 aliphatic heterocycles. The summed E-state index contributed by atoms with van der Waals surface area (Å²) in [6.07, 6.45) is 3.11. The smallest absolute Gasteiger partial charge is 0.259 e. The number of anilines is 1. The molecule has 0 atom stereocenters. The van der Waals surface area contributed by atoms with Crippen molar-refractivity contribution in [1.29, 1.82) is 0 Å². The highest BCUT2D eigenvalue weighted by Crippen LogP contribution is 2.35. The van der Waals surface area contributed by atoms with Gasteiger partial charge in [-0.25, -0.2) is 13.4 Å². The lowest BCUT2D eigenvalue weighted by molar-refractivity contribution is 0.102. The average molecular weight is 430 g/mol. The van der Waals surface area contributed by atoms with Gasteiger partial charge < -0.3 is 9.88 Å². The SMILES string of the molecule is C=CCn1c(C)c(C)c(S(=O)(=O)c2ccccc2)c1NC(=O)c1cccnc1Cl. The third-order valence-corrected chi connectivity index (χ3v) is 6.87. The predicted molar refractivity (Wildman–Crippen MR) is 113 cm³/mol. The first-order valence-corrected chi connectivity index (χ1v) is 10.7. The number of aromatic nitrogens is 2. The van der Waals surface area contributed by atoms with Crippen LogP contribution in [0.1, 0.15) is 21.6 Å². The third kappa shape index (κ3) is 3.83. The molecule has 0 radical (unpaired) electrons. The molecule has 2 aromatic heterocycles. The molecule has 29 heavy (non-hydrogen) atoms. The van der Waals surface area contributed by atoms with Gasteiger partial charge in [-0.15, -0.1) is 6.58 Å². The number of hydrogen-bond acceptors (Lipinski definition) is 4. The number of amides is 1. The minimum atomic E-state index is -3.88.